The molecule has 29 heavy (non-hydrogen) atoms. The molecule has 0 heterocycles. The van der Waals surface area contributed by atoms with Gasteiger partial charge in [0, 0.05) is 17.4 Å². The van der Waals surface area contributed by atoms with E-state index in [4.69, 9.17) is 9.47 Å². The third-order valence-electron chi connectivity index (χ3n) is 4.76. The van der Waals surface area contributed by atoms with Gasteiger partial charge in [-0.2, -0.15) is 0 Å². The van der Waals surface area contributed by atoms with Crippen LogP contribution < -0.4 is 20.1 Å². The minimum atomic E-state index is -0.504. The number of likely N-dealkylation sites (N-methyl/N-ethyl adjacent to an activating group) is 1. The fraction of sp³-hybridized carbons (Fsp3) is 0.364. The number of ether oxygens (including phenoxy) is 2. The molecule has 156 valence electrons. The summed E-state index contributed by atoms with van der Waals surface area (Å²) in [5.74, 6) is 0.723. The summed E-state index contributed by atoms with van der Waals surface area (Å²) in [5, 5.41) is 5.76. The molecule has 0 aliphatic rings. The standard InChI is InChI=1S/C22H29N3O4/c1-6-16-9-7-8-10-18(16)24-21(26)14-25(3)15(2)22(27)23-17-11-12-19(28-4)20(13-17)29-5/h7-13,15H,6,14H2,1-5H3,(H,23,27)(H,24,26). The van der Waals surface area contributed by atoms with Gasteiger partial charge in [-0.25, -0.2) is 0 Å². The number of hydrogen-bond acceptors (Lipinski definition) is 5. The van der Waals surface area contributed by atoms with E-state index >= 15 is 0 Å². The summed E-state index contributed by atoms with van der Waals surface area (Å²) < 4.78 is 10.5. The monoisotopic (exact) mass is 399 g/mol. The molecule has 2 rings (SSSR count). The highest BCUT2D eigenvalue weighted by Crippen LogP contribution is 2.29. The Labute approximate surface area is 172 Å². The molecular weight excluding hydrogens is 370 g/mol. The largest absolute Gasteiger partial charge is 0.493 e. The number of para-hydroxylation sites is 1. The molecule has 0 aliphatic heterocycles. The minimum absolute atomic E-state index is 0.0958. The SMILES string of the molecule is CCc1ccccc1NC(=O)CN(C)C(C)C(=O)Nc1ccc(OC)c(OC)c1. The molecule has 0 fully saturated rings. The third kappa shape index (κ3) is 5.96. The number of aryl methyl sites for hydroxylation is 1. The Morgan fingerprint density at radius 2 is 1.72 bits per heavy atom. The maximum atomic E-state index is 12.6. The lowest BCUT2D eigenvalue weighted by Crippen LogP contribution is -2.43. The molecule has 1 unspecified atom stereocenters. The van der Waals surface area contributed by atoms with Gasteiger partial charge in [-0.3, -0.25) is 14.5 Å². The van der Waals surface area contributed by atoms with Gasteiger partial charge in [0.25, 0.3) is 0 Å². The van der Waals surface area contributed by atoms with Gasteiger partial charge in [0.05, 0.1) is 26.8 Å². The van der Waals surface area contributed by atoms with Gasteiger partial charge in [-0.1, -0.05) is 25.1 Å². The van der Waals surface area contributed by atoms with E-state index in [-0.39, 0.29) is 18.4 Å². The molecule has 0 radical (unpaired) electrons. The van der Waals surface area contributed by atoms with Crippen molar-refractivity contribution in [3.8, 4) is 11.5 Å². The number of anilines is 2. The molecule has 7 heteroatoms. The second kappa shape index (κ2) is 10.5. The van der Waals surface area contributed by atoms with Crippen molar-refractivity contribution >= 4 is 23.2 Å². The van der Waals surface area contributed by atoms with Gasteiger partial charge >= 0.3 is 0 Å². The van der Waals surface area contributed by atoms with E-state index in [0.29, 0.717) is 17.2 Å². The summed E-state index contributed by atoms with van der Waals surface area (Å²) in [6.07, 6.45) is 0.830. The smallest absolute Gasteiger partial charge is 0.241 e. The van der Waals surface area contributed by atoms with Crippen LogP contribution in [0, 0.1) is 0 Å². The van der Waals surface area contributed by atoms with Crippen LogP contribution in [-0.4, -0.2) is 50.6 Å². The van der Waals surface area contributed by atoms with Crippen molar-refractivity contribution in [2.75, 3.05) is 38.4 Å². The lowest BCUT2D eigenvalue weighted by molar-refractivity contribution is -0.122. The number of nitrogens with one attached hydrogen (secondary N) is 2. The maximum Gasteiger partial charge on any atom is 0.241 e. The summed E-state index contributed by atoms with van der Waals surface area (Å²) in [4.78, 5) is 26.7. The molecule has 0 spiro atoms. The maximum absolute atomic E-state index is 12.6. The zero-order valence-electron chi connectivity index (χ0n) is 17.6. The lowest BCUT2D eigenvalue weighted by atomic mass is 10.1. The number of amides is 2. The summed E-state index contributed by atoms with van der Waals surface area (Å²) in [5.41, 5.74) is 2.47. The van der Waals surface area contributed by atoms with Gasteiger partial charge < -0.3 is 20.1 Å². The number of methoxy groups -OCH3 is 2. The topological polar surface area (TPSA) is 79.9 Å². The first-order chi connectivity index (χ1) is 13.9. The van der Waals surface area contributed by atoms with Crippen LogP contribution in [0.3, 0.4) is 0 Å². The van der Waals surface area contributed by atoms with Crippen LogP contribution in [0.4, 0.5) is 11.4 Å². The van der Waals surface area contributed by atoms with Gasteiger partial charge in [0.15, 0.2) is 11.5 Å². The molecule has 2 amide bonds. The van der Waals surface area contributed by atoms with Crippen LogP contribution >= 0.6 is 0 Å². The van der Waals surface area contributed by atoms with Gasteiger partial charge in [-0.05, 0) is 44.2 Å². The highest BCUT2D eigenvalue weighted by molar-refractivity contribution is 5.96. The summed E-state index contributed by atoms with van der Waals surface area (Å²) in [6, 6.07) is 12.3. The summed E-state index contributed by atoms with van der Waals surface area (Å²) >= 11 is 0. The van der Waals surface area contributed by atoms with Crippen molar-refractivity contribution in [2.24, 2.45) is 0 Å². The number of nitrogens with zero attached hydrogens (tertiary/aromatic N) is 1. The van der Waals surface area contributed by atoms with E-state index in [1.807, 2.05) is 31.2 Å². The van der Waals surface area contributed by atoms with Crippen LogP contribution in [-0.2, 0) is 16.0 Å². The lowest BCUT2D eigenvalue weighted by Gasteiger charge is -2.23. The Bertz CT molecular complexity index is 854. The van der Waals surface area contributed by atoms with Crippen molar-refractivity contribution in [3.63, 3.8) is 0 Å². The molecule has 0 aliphatic carbocycles. The Morgan fingerprint density at radius 3 is 2.38 bits per heavy atom. The number of benzene rings is 2. The van der Waals surface area contributed by atoms with Crippen LogP contribution in [0.15, 0.2) is 42.5 Å². The van der Waals surface area contributed by atoms with Gasteiger partial charge in [0.2, 0.25) is 11.8 Å². The van der Waals surface area contributed by atoms with Gasteiger partial charge in [-0.15, -0.1) is 0 Å². The van der Waals surface area contributed by atoms with Crippen molar-refractivity contribution in [1.82, 2.24) is 4.90 Å². The summed E-state index contributed by atoms with van der Waals surface area (Å²) in [6.45, 7) is 3.89. The van der Waals surface area contributed by atoms with Gasteiger partial charge in [0.1, 0.15) is 0 Å². The second-order valence-electron chi connectivity index (χ2n) is 6.71. The Kier molecular flexibility index (Phi) is 8.03. The van der Waals surface area contributed by atoms with E-state index in [9.17, 15) is 9.59 Å². The predicted molar refractivity (Wildman–Crippen MR) is 115 cm³/mol. The third-order valence-corrected chi connectivity index (χ3v) is 4.76. The molecule has 0 bridgehead atoms. The molecule has 1 atom stereocenters. The van der Waals surface area contributed by atoms with E-state index < -0.39 is 6.04 Å². The predicted octanol–water partition coefficient (Wildman–Crippen LogP) is 3.16. The van der Waals surface area contributed by atoms with Crippen LogP contribution in [0.25, 0.3) is 0 Å². The highest BCUT2D eigenvalue weighted by atomic mass is 16.5. The number of hydrogen-bond donors (Lipinski definition) is 2. The first-order valence-corrected chi connectivity index (χ1v) is 9.50. The van der Waals surface area contributed by atoms with Crippen molar-refractivity contribution in [2.45, 2.75) is 26.3 Å². The Balaban J connectivity index is 1.95. The molecule has 7 nitrogen and oxygen atoms in total. The first-order valence-electron chi connectivity index (χ1n) is 9.50. The molecule has 0 saturated heterocycles. The van der Waals surface area contributed by atoms with Crippen LogP contribution in [0.2, 0.25) is 0 Å². The number of carbonyl (C=O) groups is 2. The van der Waals surface area contributed by atoms with Crippen molar-refractivity contribution in [3.05, 3.63) is 48.0 Å². The summed E-state index contributed by atoms with van der Waals surface area (Å²) in [7, 11) is 4.83. The Hall–Kier alpha value is -3.06. The highest BCUT2D eigenvalue weighted by Gasteiger charge is 2.21. The fourth-order valence-electron chi connectivity index (χ4n) is 2.86. The molecule has 2 aromatic carbocycles. The zero-order chi connectivity index (χ0) is 21.4. The quantitative estimate of drug-likeness (QED) is 0.677. The second-order valence-corrected chi connectivity index (χ2v) is 6.71. The molecule has 2 N–H and O–H groups in total. The molecule has 2 aromatic rings. The van der Waals surface area contributed by atoms with Crippen LogP contribution in [0.5, 0.6) is 11.5 Å². The van der Waals surface area contributed by atoms with E-state index in [0.717, 1.165) is 17.7 Å². The van der Waals surface area contributed by atoms with E-state index in [2.05, 4.69) is 10.6 Å². The first kappa shape index (κ1) is 22.2. The molecule has 0 aromatic heterocycles. The van der Waals surface area contributed by atoms with E-state index in [1.165, 1.54) is 7.11 Å². The molecule has 0 saturated carbocycles. The minimum Gasteiger partial charge on any atom is -0.493 e. The fourth-order valence-corrected chi connectivity index (χ4v) is 2.86. The van der Waals surface area contributed by atoms with Crippen LogP contribution in [0.1, 0.15) is 19.4 Å². The number of carbonyl (C=O) groups excluding carboxylic acids is 2. The Morgan fingerprint density at radius 1 is 1.03 bits per heavy atom. The zero-order valence-corrected chi connectivity index (χ0v) is 17.6. The normalized spacial score (nSPS) is 11.7. The average Bonchev–Trinajstić information content (AvgIpc) is 2.73. The average molecular weight is 399 g/mol. The van der Waals surface area contributed by atoms with Crippen molar-refractivity contribution < 1.29 is 19.1 Å². The van der Waals surface area contributed by atoms with E-state index in [1.54, 1.807) is 44.2 Å². The van der Waals surface area contributed by atoms with Crippen molar-refractivity contribution in [1.29, 1.82) is 0 Å². The number of rotatable bonds is 9. The molecular formula is C22H29N3O4.